The summed E-state index contributed by atoms with van der Waals surface area (Å²) in [7, 11) is 1.83. The predicted molar refractivity (Wildman–Crippen MR) is 131 cm³/mol. The smallest absolute Gasteiger partial charge is 0.190 e. The molecule has 7 heteroatoms. The van der Waals surface area contributed by atoms with Crippen LogP contribution in [-0.2, 0) is 19.5 Å². The third-order valence-corrected chi connectivity index (χ3v) is 5.32. The summed E-state index contributed by atoms with van der Waals surface area (Å²) in [6, 6.07) is 10.9. The van der Waals surface area contributed by atoms with Crippen LogP contribution in [-0.4, -0.2) is 53.9 Å². The van der Waals surface area contributed by atoms with E-state index in [1.165, 1.54) is 23.2 Å². The number of fused-ring (bicyclic) bond motifs is 1. The van der Waals surface area contributed by atoms with Crippen molar-refractivity contribution in [2.75, 3.05) is 33.2 Å². The molecule has 0 fully saturated rings. The van der Waals surface area contributed by atoms with E-state index in [1.807, 2.05) is 14.0 Å². The number of rotatable bonds is 8. The Bertz CT molecular complexity index is 785. The topological polar surface area (TPSA) is 57.5 Å². The highest BCUT2D eigenvalue weighted by atomic mass is 127. The molecule has 2 aromatic rings. The van der Waals surface area contributed by atoms with Gasteiger partial charge in [0.05, 0.1) is 5.69 Å². The van der Waals surface area contributed by atoms with Gasteiger partial charge in [-0.05, 0) is 50.3 Å². The van der Waals surface area contributed by atoms with E-state index < -0.39 is 0 Å². The molecule has 160 valence electrons. The lowest BCUT2D eigenvalue weighted by atomic mass is 10.00. The second kappa shape index (κ2) is 12.2. The summed E-state index contributed by atoms with van der Waals surface area (Å²) in [5.74, 6) is 0.886. The predicted octanol–water partition coefficient (Wildman–Crippen LogP) is 3.12. The second-order valence-corrected chi connectivity index (χ2v) is 7.58. The number of nitrogens with zero attached hydrogens (tertiary/aromatic N) is 4. The van der Waals surface area contributed by atoms with Gasteiger partial charge in [0.2, 0.25) is 0 Å². The van der Waals surface area contributed by atoms with Gasteiger partial charge in [0.15, 0.2) is 5.96 Å². The third kappa shape index (κ3) is 7.29. The number of nitrogens with one attached hydrogen (secondary N) is 2. The number of aromatic nitrogens is 2. The number of aryl methyl sites for hydroxylation is 3. The van der Waals surface area contributed by atoms with E-state index in [0.29, 0.717) is 0 Å². The van der Waals surface area contributed by atoms with Crippen molar-refractivity contribution in [3.05, 3.63) is 52.8 Å². The van der Waals surface area contributed by atoms with Crippen LogP contribution in [0.15, 0.2) is 35.3 Å². The first-order valence-corrected chi connectivity index (χ1v) is 10.4. The molecule has 0 aliphatic carbocycles. The third-order valence-electron chi connectivity index (χ3n) is 5.32. The molecule has 0 saturated heterocycles. The van der Waals surface area contributed by atoms with Crippen molar-refractivity contribution in [2.45, 2.75) is 46.2 Å². The Labute approximate surface area is 192 Å². The van der Waals surface area contributed by atoms with Crippen LogP contribution in [0.1, 0.15) is 35.4 Å². The lowest BCUT2D eigenvalue weighted by Crippen LogP contribution is -2.39. The standard InChI is InChI=1S/C22H34N6.HI/c1-18-16-19(2)28(26-18)14-7-12-25-22(23-3)24-11-6-13-27-15-10-20-8-4-5-9-21(20)17-27;/h4-5,8-9,16H,6-7,10-15,17H2,1-3H3,(H2,23,24,25);1H. The molecular formula is C22H35IN6. The molecule has 1 aliphatic heterocycles. The van der Waals surface area contributed by atoms with Gasteiger partial charge in [-0.1, -0.05) is 24.3 Å². The number of guanidine groups is 1. The number of hydrogen-bond donors (Lipinski definition) is 2. The van der Waals surface area contributed by atoms with E-state index in [0.717, 1.165) is 63.8 Å². The molecule has 0 spiro atoms. The molecule has 1 aromatic carbocycles. The lowest BCUT2D eigenvalue weighted by Gasteiger charge is -2.28. The van der Waals surface area contributed by atoms with Crippen molar-refractivity contribution in [1.29, 1.82) is 0 Å². The van der Waals surface area contributed by atoms with E-state index >= 15 is 0 Å². The van der Waals surface area contributed by atoms with Crippen LogP contribution >= 0.6 is 24.0 Å². The molecule has 29 heavy (non-hydrogen) atoms. The number of aliphatic imine (C=N–C) groups is 1. The molecule has 6 nitrogen and oxygen atoms in total. The maximum Gasteiger partial charge on any atom is 0.190 e. The minimum Gasteiger partial charge on any atom is -0.356 e. The molecule has 0 bridgehead atoms. The molecule has 3 rings (SSSR count). The summed E-state index contributed by atoms with van der Waals surface area (Å²) in [6.07, 6.45) is 3.31. The minimum atomic E-state index is 0. The van der Waals surface area contributed by atoms with E-state index in [-0.39, 0.29) is 24.0 Å². The average Bonchev–Trinajstić information content (AvgIpc) is 3.03. The number of halogens is 1. The lowest BCUT2D eigenvalue weighted by molar-refractivity contribution is 0.251. The molecule has 2 heterocycles. The Hall–Kier alpha value is -1.61. The highest BCUT2D eigenvalue weighted by molar-refractivity contribution is 14.0. The SMILES string of the molecule is CN=C(NCCCN1CCc2ccccc2C1)NCCCn1nc(C)cc1C.I. The minimum absolute atomic E-state index is 0. The first-order valence-electron chi connectivity index (χ1n) is 10.4. The van der Waals surface area contributed by atoms with Gasteiger partial charge in [0.25, 0.3) is 0 Å². The van der Waals surface area contributed by atoms with E-state index in [1.54, 1.807) is 0 Å². The Morgan fingerprint density at radius 1 is 1.07 bits per heavy atom. The summed E-state index contributed by atoms with van der Waals surface area (Å²) < 4.78 is 2.07. The maximum absolute atomic E-state index is 4.50. The van der Waals surface area contributed by atoms with Crippen molar-refractivity contribution < 1.29 is 0 Å². The van der Waals surface area contributed by atoms with Gasteiger partial charge >= 0.3 is 0 Å². The van der Waals surface area contributed by atoms with Crippen LogP contribution < -0.4 is 10.6 Å². The molecule has 2 N–H and O–H groups in total. The van der Waals surface area contributed by atoms with E-state index in [9.17, 15) is 0 Å². The van der Waals surface area contributed by atoms with Gasteiger partial charge < -0.3 is 10.6 Å². The van der Waals surface area contributed by atoms with Crippen molar-refractivity contribution >= 4 is 29.9 Å². The van der Waals surface area contributed by atoms with Gasteiger partial charge in [-0.25, -0.2) is 0 Å². The fourth-order valence-corrected chi connectivity index (χ4v) is 3.81. The van der Waals surface area contributed by atoms with Gasteiger partial charge in [-0.3, -0.25) is 14.6 Å². The zero-order valence-electron chi connectivity index (χ0n) is 17.9. The Morgan fingerprint density at radius 2 is 1.76 bits per heavy atom. The normalized spacial score (nSPS) is 14.2. The molecule has 0 saturated carbocycles. The van der Waals surface area contributed by atoms with Gasteiger partial charge in [0.1, 0.15) is 0 Å². The molecule has 1 aromatic heterocycles. The monoisotopic (exact) mass is 510 g/mol. The van der Waals surface area contributed by atoms with Crippen molar-refractivity contribution in [3.8, 4) is 0 Å². The van der Waals surface area contributed by atoms with Gasteiger partial charge in [0, 0.05) is 52.0 Å². The van der Waals surface area contributed by atoms with Crippen LogP contribution in [0.5, 0.6) is 0 Å². The highest BCUT2D eigenvalue weighted by Crippen LogP contribution is 2.18. The Morgan fingerprint density at radius 3 is 2.41 bits per heavy atom. The van der Waals surface area contributed by atoms with Crippen LogP contribution in [0.4, 0.5) is 0 Å². The zero-order chi connectivity index (χ0) is 19.8. The fourth-order valence-electron chi connectivity index (χ4n) is 3.81. The number of benzene rings is 1. The van der Waals surface area contributed by atoms with Crippen molar-refractivity contribution in [2.24, 2.45) is 4.99 Å². The van der Waals surface area contributed by atoms with Gasteiger partial charge in [-0.2, -0.15) is 5.10 Å². The second-order valence-electron chi connectivity index (χ2n) is 7.58. The van der Waals surface area contributed by atoms with Gasteiger partial charge in [-0.15, -0.1) is 24.0 Å². The molecule has 1 aliphatic rings. The van der Waals surface area contributed by atoms with Crippen LogP contribution in [0, 0.1) is 13.8 Å². The molecule has 0 radical (unpaired) electrons. The van der Waals surface area contributed by atoms with E-state index in [4.69, 9.17) is 0 Å². The quantitative estimate of drug-likeness (QED) is 0.248. The largest absolute Gasteiger partial charge is 0.356 e. The highest BCUT2D eigenvalue weighted by Gasteiger charge is 2.14. The first-order chi connectivity index (χ1) is 13.7. The average molecular weight is 510 g/mol. The Kier molecular flexibility index (Phi) is 9.93. The molecule has 0 unspecified atom stereocenters. The Balaban J connectivity index is 0.00000300. The summed E-state index contributed by atoms with van der Waals surface area (Å²) in [5, 5.41) is 11.3. The maximum atomic E-state index is 4.50. The summed E-state index contributed by atoms with van der Waals surface area (Å²) >= 11 is 0. The molecular weight excluding hydrogens is 475 g/mol. The van der Waals surface area contributed by atoms with Crippen molar-refractivity contribution in [1.82, 2.24) is 25.3 Å². The van der Waals surface area contributed by atoms with Crippen molar-refractivity contribution in [3.63, 3.8) is 0 Å². The number of hydrogen-bond acceptors (Lipinski definition) is 3. The summed E-state index contributed by atoms with van der Waals surface area (Å²) in [6.45, 7) is 10.3. The first kappa shape index (κ1) is 23.7. The zero-order valence-corrected chi connectivity index (χ0v) is 20.3. The van der Waals surface area contributed by atoms with Crippen LogP contribution in [0.3, 0.4) is 0 Å². The van der Waals surface area contributed by atoms with Crippen LogP contribution in [0.2, 0.25) is 0 Å². The van der Waals surface area contributed by atoms with E-state index in [2.05, 4.69) is 67.6 Å². The summed E-state index contributed by atoms with van der Waals surface area (Å²) in [4.78, 5) is 6.88. The fraction of sp³-hybridized carbons (Fsp3) is 0.545. The van der Waals surface area contributed by atoms with Crippen LogP contribution in [0.25, 0.3) is 0 Å². The molecule has 0 amide bonds. The molecule has 0 atom stereocenters. The summed E-state index contributed by atoms with van der Waals surface area (Å²) in [5.41, 5.74) is 5.31.